The number of benzene rings is 2. The van der Waals surface area contributed by atoms with Gasteiger partial charge in [-0.3, -0.25) is 4.79 Å². The number of carbonyl (C=O) groups excluding carboxylic acids is 1. The number of nitrogens with one attached hydrogen (secondary N) is 1. The zero-order valence-electron chi connectivity index (χ0n) is 16.3. The van der Waals surface area contributed by atoms with Gasteiger partial charge in [-0.15, -0.1) is 0 Å². The van der Waals surface area contributed by atoms with E-state index in [-0.39, 0.29) is 5.91 Å². The van der Waals surface area contributed by atoms with Crippen molar-refractivity contribution >= 4 is 17.2 Å². The molecule has 5 heteroatoms. The third kappa shape index (κ3) is 4.46. The molecule has 0 aliphatic rings. The summed E-state index contributed by atoms with van der Waals surface area (Å²) in [6.45, 7) is 2.82. The highest BCUT2D eigenvalue weighted by Gasteiger charge is 2.09. The number of pyridine rings is 1. The van der Waals surface area contributed by atoms with Crippen LogP contribution < -0.4 is 10.1 Å². The maximum atomic E-state index is 12.6. The lowest BCUT2D eigenvalue weighted by molar-refractivity contribution is 0.102. The fourth-order valence-electron chi connectivity index (χ4n) is 3.07. The third-order valence-corrected chi connectivity index (χ3v) is 4.66. The van der Waals surface area contributed by atoms with E-state index in [2.05, 4.69) is 17.2 Å². The van der Waals surface area contributed by atoms with Crippen LogP contribution in [0.1, 0.15) is 30.1 Å². The predicted octanol–water partition coefficient (Wildman–Crippen LogP) is 5.43. The Morgan fingerprint density at radius 1 is 1.07 bits per heavy atom. The number of imidazole rings is 1. The second-order valence-corrected chi connectivity index (χ2v) is 6.85. The van der Waals surface area contributed by atoms with Crippen molar-refractivity contribution in [1.82, 2.24) is 9.38 Å². The minimum Gasteiger partial charge on any atom is -0.494 e. The van der Waals surface area contributed by atoms with Crippen LogP contribution in [-0.4, -0.2) is 21.9 Å². The molecule has 2 aromatic carbocycles. The predicted molar refractivity (Wildman–Crippen MR) is 115 cm³/mol. The minimum atomic E-state index is -0.155. The molecule has 0 aliphatic heterocycles. The first-order chi connectivity index (χ1) is 14.2. The van der Waals surface area contributed by atoms with Crippen LogP contribution in [0.2, 0.25) is 0 Å². The van der Waals surface area contributed by atoms with Gasteiger partial charge in [-0.2, -0.15) is 0 Å². The molecule has 0 atom stereocenters. The second-order valence-electron chi connectivity index (χ2n) is 6.85. The average molecular weight is 385 g/mol. The van der Waals surface area contributed by atoms with Crippen LogP contribution in [0.15, 0.2) is 79.1 Å². The molecule has 0 bridgehead atoms. The number of amides is 1. The molecule has 4 aromatic rings. The van der Waals surface area contributed by atoms with Crippen molar-refractivity contribution in [3.63, 3.8) is 0 Å². The van der Waals surface area contributed by atoms with Gasteiger partial charge in [0.05, 0.1) is 12.3 Å². The number of hydrogen-bond donors (Lipinski definition) is 1. The molecule has 0 aliphatic carbocycles. The molecular formula is C24H23N3O2. The summed E-state index contributed by atoms with van der Waals surface area (Å²) in [5.74, 6) is 0.626. The van der Waals surface area contributed by atoms with E-state index in [1.54, 1.807) is 12.1 Å². The summed E-state index contributed by atoms with van der Waals surface area (Å²) in [5.41, 5.74) is 4.02. The molecular weight excluding hydrogens is 362 g/mol. The third-order valence-electron chi connectivity index (χ3n) is 4.66. The summed E-state index contributed by atoms with van der Waals surface area (Å²) < 4.78 is 7.63. The van der Waals surface area contributed by atoms with E-state index in [0.29, 0.717) is 12.2 Å². The zero-order chi connectivity index (χ0) is 20.1. The van der Waals surface area contributed by atoms with Crippen molar-refractivity contribution in [2.24, 2.45) is 0 Å². The lowest BCUT2D eigenvalue weighted by atomic mass is 10.1. The van der Waals surface area contributed by atoms with E-state index in [1.807, 2.05) is 71.4 Å². The SMILES string of the molecule is CCCCOc1ccc(C(=O)Nc2cccc(-c3cn4ccccc4n3)c2)cc1. The summed E-state index contributed by atoms with van der Waals surface area (Å²) >= 11 is 0. The van der Waals surface area contributed by atoms with Crippen LogP contribution in [0.3, 0.4) is 0 Å². The smallest absolute Gasteiger partial charge is 0.255 e. The van der Waals surface area contributed by atoms with E-state index >= 15 is 0 Å². The molecule has 2 heterocycles. The second kappa shape index (κ2) is 8.61. The molecule has 2 aromatic heterocycles. The Hall–Kier alpha value is -3.60. The summed E-state index contributed by atoms with van der Waals surface area (Å²) in [6.07, 6.45) is 6.06. The molecule has 0 saturated carbocycles. The molecule has 1 N–H and O–H groups in total. The van der Waals surface area contributed by atoms with E-state index < -0.39 is 0 Å². The van der Waals surface area contributed by atoms with Gasteiger partial charge in [0.25, 0.3) is 5.91 Å². The number of nitrogens with zero attached hydrogens (tertiary/aromatic N) is 2. The molecule has 0 spiro atoms. The maximum absolute atomic E-state index is 12.6. The first-order valence-corrected chi connectivity index (χ1v) is 9.81. The number of aromatic nitrogens is 2. The van der Waals surface area contributed by atoms with Crippen LogP contribution in [-0.2, 0) is 0 Å². The summed E-state index contributed by atoms with van der Waals surface area (Å²) in [5, 5.41) is 2.96. The fraction of sp³-hybridized carbons (Fsp3) is 0.167. The van der Waals surface area contributed by atoms with Gasteiger partial charge in [0.2, 0.25) is 0 Å². The Bertz CT molecular complexity index is 1080. The lowest BCUT2D eigenvalue weighted by Gasteiger charge is -2.08. The van der Waals surface area contributed by atoms with Gasteiger partial charge in [0.1, 0.15) is 11.4 Å². The van der Waals surface area contributed by atoms with Crippen molar-refractivity contribution in [1.29, 1.82) is 0 Å². The topological polar surface area (TPSA) is 55.6 Å². The molecule has 29 heavy (non-hydrogen) atoms. The standard InChI is InChI=1S/C24H23N3O2/c1-2-3-15-29-21-12-10-18(11-13-21)24(28)25-20-8-6-7-19(16-20)22-17-27-14-5-4-9-23(27)26-22/h4-14,16-17H,2-3,15H2,1H3,(H,25,28). The van der Waals surface area contributed by atoms with E-state index in [0.717, 1.165) is 41.2 Å². The number of ether oxygens (including phenoxy) is 1. The highest BCUT2D eigenvalue weighted by molar-refractivity contribution is 6.04. The molecule has 0 saturated heterocycles. The zero-order valence-corrected chi connectivity index (χ0v) is 16.3. The van der Waals surface area contributed by atoms with Gasteiger partial charge < -0.3 is 14.5 Å². The van der Waals surface area contributed by atoms with Crippen molar-refractivity contribution in [2.45, 2.75) is 19.8 Å². The molecule has 4 rings (SSSR count). The van der Waals surface area contributed by atoms with Crippen LogP contribution >= 0.6 is 0 Å². The first kappa shape index (κ1) is 18.7. The number of hydrogen-bond acceptors (Lipinski definition) is 3. The number of fused-ring (bicyclic) bond motifs is 1. The monoisotopic (exact) mass is 385 g/mol. The minimum absolute atomic E-state index is 0.155. The van der Waals surface area contributed by atoms with Crippen LogP contribution in [0.4, 0.5) is 5.69 Å². The molecule has 0 radical (unpaired) electrons. The lowest BCUT2D eigenvalue weighted by Crippen LogP contribution is -2.11. The first-order valence-electron chi connectivity index (χ1n) is 9.81. The fourth-order valence-corrected chi connectivity index (χ4v) is 3.07. The van der Waals surface area contributed by atoms with Crippen LogP contribution in [0.25, 0.3) is 16.9 Å². The summed E-state index contributed by atoms with van der Waals surface area (Å²) in [7, 11) is 0. The van der Waals surface area contributed by atoms with Crippen LogP contribution in [0, 0.1) is 0 Å². The Labute approximate surface area is 170 Å². The van der Waals surface area contributed by atoms with Crippen molar-refractivity contribution < 1.29 is 9.53 Å². The van der Waals surface area contributed by atoms with E-state index in [9.17, 15) is 4.79 Å². The van der Waals surface area contributed by atoms with Gasteiger partial charge in [-0.1, -0.05) is 31.5 Å². The largest absolute Gasteiger partial charge is 0.494 e. The van der Waals surface area contributed by atoms with Gasteiger partial charge in [0.15, 0.2) is 0 Å². The molecule has 0 fully saturated rings. The van der Waals surface area contributed by atoms with Gasteiger partial charge in [-0.25, -0.2) is 4.98 Å². The number of anilines is 1. The van der Waals surface area contributed by atoms with E-state index in [4.69, 9.17) is 4.74 Å². The normalized spacial score (nSPS) is 10.8. The molecule has 0 unspecified atom stereocenters. The van der Waals surface area contributed by atoms with Gasteiger partial charge >= 0.3 is 0 Å². The van der Waals surface area contributed by atoms with Crippen molar-refractivity contribution in [2.75, 3.05) is 11.9 Å². The van der Waals surface area contributed by atoms with E-state index in [1.165, 1.54) is 0 Å². The van der Waals surface area contributed by atoms with Gasteiger partial charge in [-0.05, 0) is 55.0 Å². The molecule has 1 amide bonds. The van der Waals surface area contributed by atoms with Crippen molar-refractivity contribution in [3.8, 4) is 17.0 Å². The summed E-state index contributed by atoms with van der Waals surface area (Å²) in [4.78, 5) is 17.2. The molecule has 5 nitrogen and oxygen atoms in total. The molecule has 146 valence electrons. The summed E-state index contributed by atoms with van der Waals surface area (Å²) in [6, 6.07) is 20.8. The Morgan fingerprint density at radius 3 is 2.72 bits per heavy atom. The average Bonchev–Trinajstić information content (AvgIpc) is 3.19. The quantitative estimate of drug-likeness (QED) is 0.431. The van der Waals surface area contributed by atoms with Crippen molar-refractivity contribution in [3.05, 3.63) is 84.7 Å². The highest BCUT2D eigenvalue weighted by atomic mass is 16.5. The number of carbonyl (C=O) groups is 1. The maximum Gasteiger partial charge on any atom is 0.255 e. The Morgan fingerprint density at radius 2 is 1.93 bits per heavy atom. The number of unbranched alkanes of at least 4 members (excludes halogenated alkanes) is 1. The Kier molecular flexibility index (Phi) is 5.56. The number of rotatable bonds is 7. The van der Waals surface area contributed by atoms with Gasteiger partial charge in [0, 0.05) is 29.2 Å². The highest BCUT2D eigenvalue weighted by Crippen LogP contribution is 2.23. The Balaban J connectivity index is 1.46. The van der Waals surface area contributed by atoms with Crippen LogP contribution in [0.5, 0.6) is 5.75 Å².